The first kappa shape index (κ1) is 26.3. The van der Waals surface area contributed by atoms with Crippen LogP contribution >= 0.6 is 0 Å². The normalized spacial score (nSPS) is 13.9. The van der Waals surface area contributed by atoms with Crippen molar-refractivity contribution in [3.63, 3.8) is 0 Å². The Morgan fingerprint density at radius 2 is 1.46 bits per heavy atom. The second-order valence-corrected chi connectivity index (χ2v) is 9.11. The Balaban J connectivity index is 1.63. The molecule has 188 valence electrons. The van der Waals surface area contributed by atoms with Gasteiger partial charge in [0.15, 0.2) is 0 Å². The van der Waals surface area contributed by atoms with Crippen LogP contribution in [0.25, 0.3) is 11.1 Å². The monoisotopic (exact) mass is 480 g/mol. The number of unbranched alkanes of at least 4 members (excludes halogenated alkanes) is 2. The highest BCUT2D eigenvalue weighted by Crippen LogP contribution is 2.44. The fourth-order valence-electron chi connectivity index (χ4n) is 4.65. The van der Waals surface area contributed by atoms with Crippen molar-refractivity contribution in [2.75, 3.05) is 6.61 Å². The summed E-state index contributed by atoms with van der Waals surface area (Å²) in [7, 11) is 0. The van der Waals surface area contributed by atoms with Crippen LogP contribution in [0.5, 0.6) is 0 Å². The van der Waals surface area contributed by atoms with E-state index in [0.717, 1.165) is 47.9 Å². The van der Waals surface area contributed by atoms with Crippen LogP contribution in [0, 0.1) is 0 Å². The van der Waals surface area contributed by atoms with Gasteiger partial charge in [-0.2, -0.15) is 0 Å². The Morgan fingerprint density at radius 1 is 0.886 bits per heavy atom. The van der Waals surface area contributed by atoms with Gasteiger partial charge in [-0.1, -0.05) is 88.1 Å². The van der Waals surface area contributed by atoms with Gasteiger partial charge in [0.1, 0.15) is 12.6 Å². The summed E-state index contributed by atoms with van der Waals surface area (Å²) in [5.41, 5.74) is 4.53. The quantitative estimate of drug-likeness (QED) is 0.364. The molecule has 0 saturated heterocycles. The lowest BCUT2D eigenvalue weighted by atomic mass is 9.98. The number of hydrogen-bond acceptors (Lipinski definition) is 4. The molecule has 7 heteroatoms. The molecule has 2 aromatic carbocycles. The third kappa shape index (κ3) is 7.07. The SMILES string of the molecule is CCCCC(CC(=O)O)NC(=O)[C@H](CCCC)NC(=O)OCC1c2ccccc2-c2ccccc21. The minimum Gasteiger partial charge on any atom is -0.481 e. The van der Waals surface area contributed by atoms with Gasteiger partial charge < -0.3 is 20.5 Å². The van der Waals surface area contributed by atoms with E-state index in [-0.39, 0.29) is 24.9 Å². The maximum absolute atomic E-state index is 13.0. The molecule has 35 heavy (non-hydrogen) atoms. The van der Waals surface area contributed by atoms with Crippen molar-refractivity contribution in [1.29, 1.82) is 0 Å². The van der Waals surface area contributed by atoms with Crippen LogP contribution in [0.15, 0.2) is 48.5 Å². The number of benzene rings is 2. The lowest BCUT2D eigenvalue weighted by molar-refractivity contribution is -0.137. The van der Waals surface area contributed by atoms with Gasteiger partial charge in [-0.05, 0) is 35.1 Å². The van der Waals surface area contributed by atoms with Gasteiger partial charge >= 0.3 is 12.1 Å². The molecule has 3 rings (SSSR count). The molecule has 2 aromatic rings. The molecule has 1 unspecified atom stereocenters. The highest BCUT2D eigenvalue weighted by molar-refractivity contribution is 5.86. The predicted molar refractivity (Wildman–Crippen MR) is 135 cm³/mol. The first-order chi connectivity index (χ1) is 16.9. The van der Waals surface area contributed by atoms with Crippen LogP contribution < -0.4 is 10.6 Å². The molecule has 0 fully saturated rings. The fourth-order valence-corrected chi connectivity index (χ4v) is 4.65. The maximum atomic E-state index is 13.0. The van der Waals surface area contributed by atoms with Crippen LogP contribution in [0.3, 0.4) is 0 Å². The average Bonchev–Trinajstić information content (AvgIpc) is 3.17. The Morgan fingerprint density at radius 3 is 2.03 bits per heavy atom. The zero-order chi connectivity index (χ0) is 25.2. The van der Waals surface area contributed by atoms with E-state index >= 15 is 0 Å². The van der Waals surface area contributed by atoms with Gasteiger partial charge in [-0.3, -0.25) is 9.59 Å². The predicted octanol–water partition coefficient (Wildman–Crippen LogP) is 5.23. The molecule has 7 nitrogen and oxygen atoms in total. The Labute approximate surface area is 207 Å². The average molecular weight is 481 g/mol. The Hall–Kier alpha value is -3.35. The smallest absolute Gasteiger partial charge is 0.407 e. The van der Waals surface area contributed by atoms with Crippen molar-refractivity contribution in [2.24, 2.45) is 0 Å². The molecular formula is C28H36N2O5. The summed E-state index contributed by atoms with van der Waals surface area (Å²) in [4.78, 5) is 36.9. The lowest BCUT2D eigenvalue weighted by Gasteiger charge is -2.23. The van der Waals surface area contributed by atoms with Crippen LogP contribution in [0.1, 0.15) is 75.8 Å². The number of carboxylic acid groups (broad SMARTS) is 1. The second kappa shape index (κ2) is 12.9. The third-order valence-electron chi connectivity index (χ3n) is 6.47. The van der Waals surface area contributed by atoms with Crippen molar-refractivity contribution in [1.82, 2.24) is 10.6 Å². The number of fused-ring (bicyclic) bond motifs is 3. The van der Waals surface area contributed by atoms with Crippen molar-refractivity contribution in [3.8, 4) is 11.1 Å². The van der Waals surface area contributed by atoms with Gasteiger partial charge in [0, 0.05) is 12.0 Å². The van der Waals surface area contributed by atoms with Crippen LogP contribution in [-0.2, 0) is 14.3 Å². The van der Waals surface area contributed by atoms with E-state index < -0.39 is 24.1 Å². The molecule has 2 atom stereocenters. The number of carbonyl (C=O) groups excluding carboxylic acids is 2. The number of alkyl carbamates (subject to hydrolysis) is 1. The van der Waals surface area contributed by atoms with Gasteiger partial charge in [0.2, 0.25) is 5.91 Å². The van der Waals surface area contributed by atoms with E-state index in [4.69, 9.17) is 4.74 Å². The minimum atomic E-state index is -0.957. The number of nitrogens with one attached hydrogen (secondary N) is 2. The zero-order valence-corrected chi connectivity index (χ0v) is 20.6. The molecule has 0 heterocycles. The molecule has 0 radical (unpaired) electrons. The van der Waals surface area contributed by atoms with Crippen molar-refractivity contribution >= 4 is 18.0 Å². The topological polar surface area (TPSA) is 105 Å². The Bertz CT molecular complexity index is 976. The number of ether oxygens (including phenoxy) is 1. The first-order valence-electron chi connectivity index (χ1n) is 12.6. The number of hydrogen-bond donors (Lipinski definition) is 3. The Kier molecular flexibility index (Phi) is 9.70. The maximum Gasteiger partial charge on any atom is 0.407 e. The number of aliphatic carboxylic acids is 1. The fraction of sp³-hybridized carbons (Fsp3) is 0.464. The summed E-state index contributed by atoms with van der Waals surface area (Å²) in [5, 5.41) is 14.7. The number of carbonyl (C=O) groups is 3. The van der Waals surface area contributed by atoms with E-state index in [0.29, 0.717) is 12.8 Å². The molecule has 0 aliphatic heterocycles. The largest absolute Gasteiger partial charge is 0.481 e. The molecule has 0 saturated carbocycles. The van der Waals surface area contributed by atoms with E-state index in [1.165, 1.54) is 0 Å². The summed E-state index contributed by atoms with van der Waals surface area (Å²) in [6.45, 7) is 4.19. The second-order valence-electron chi connectivity index (χ2n) is 9.11. The van der Waals surface area contributed by atoms with Gasteiger partial charge in [-0.15, -0.1) is 0 Å². The minimum absolute atomic E-state index is 0.0648. The number of rotatable bonds is 13. The first-order valence-corrected chi connectivity index (χ1v) is 12.6. The van der Waals surface area contributed by atoms with Gasteiger partial charge in [-0.25, -0.2) is 4.79 Å². The molecular weight excluding hydrogens is 444 g/mol. The molecule has 0 bridgehead atoms. The van der Waals surface area contributed by atoms with Crippen molar-refractivity contribution in [2.45, 2.75) is 76.8 Å². The summed E-state index contributed by atoms with van der Waals surface area (Å²) >= 11 is 0. The van der Waals surface area contributed by atoms with E-state index in [9.17, 15) is 19.5 Å². The standard InChI is InChI=1S/C28H36N2O5/c1-3-5-11-19(17-26(31)32)29-27(33)25(16-6-4-2)30-28(34)35-18-24-22-14-9-7-12-20(22)21-13-8-10-15-23(21)24/h7-10,12-15,19,24-25H,3-6,11,16-18H2,1-2H3,(H,29,33)(H,30,34)(H,31,32)/t19?,25-/m0/s1. The summed E-state index contributed by atoms with van der Waals surface area (Å²) < 4.78 is 5.61. The van der Waals surface area contributed by atoms with Crippen LogP contribution in [0.2, 0.25) is 0 Å². The van der Waals surface area contributed by atoms with Crippen molar-refractivity contribution < 1.29 is 24.2 Å². The molecule has 1 aliphatic carbocycles. The van der Waals surface area contributed by atoms with Crippen LogP contribution in [-0.4, -0.2) is 41.8 Å². The van der Waals surface area contributed by atoms with Crippen molar-refractivity contribution in [3.05, 3.63) is 59.7 Å². The highest BCUT2D eigenvalue weighted by atomic mass is 16.5. The molecule has 0 spiro atoms. The molecule has 3 N–H and O–H groups in total. The van der Waals surface area contributed by atoms with Gasteiger partial charge in [0.25, 0.3) is 0 Å². The summed E-state index contributed by atoms with van der Waals surface area (Å²) in [6.07, 6.45) is 3.59. The third-order valence-corrected chi connectivity index (χ3v) is 6.47. The molecule has 1 aliphatic rings. The van der Waals surface area contributed by atoms with E-state index in [1.54, 1.807) is 0 Å². The molecule has 2 amide bonds. The summed E-state index contributed by atoms with van der Waals surface area (Å²) in [6, 6.07) is 15.0. The number of amides is 2. The lowest BCUT2D eigenvalue weighted by Crippen LogP contribution is -2.50. The molecule has 0 aromatic heterocycles. The zero-order valence-electron chi connectivity index (χ0n) is 20.6. The van der Waals surface area contributed by atoms with Gasteiger partial charge in [0.05, 0.1) is 6.42 Å². The number of carboxylic acids is 1. The van der Waals surface area contributed by atoms with Crippen LogP contribution in [0.4, 0.5) is 4.79 Å². The van der Waals surface area contributed by atoms with E-state index in [1.807, 2.05) is 38.1 Å². The van der Waals surface area contributed by atoms with E-state index in [2.05, 4.69) is 34.9 Å². The highest BCUT2D eigenvalue weighted by Gasteiger charge is 2.30. The summed E-state index contributed by atoms with van der Waals surface area (Å²) in [5.74, 6) is -1.39.